The highest BCUT2D eigenvalue weighted by Gasteiger charge is 2.14. The van der Waals surface area contributed by atoms with Crippen LogP contribution in [0.2, 0.25) is 0 Å². The summed E-state index contributed by atoms with van der Waals surface area (Å²) in [4.78, 5) is 23.2. The van der Waals surface area contributed by atoms with Crippen molar-refractivity contribution in [2.45, 2.75) is 258 Å². The molecule has 0 rings (SSSR count). The quantitative estimate of drug-likeness (QED) is 0.0531. The summed E-state index contributed by atoms with van der Waals surface area (Å²) in [5, 5.41) is 8.80. The maximum atomic E-state index is 12.5. The van der Waals surface area contributed by atoms with Gasteiger partial charge in [0.05, 0.1) is 0 Å². The normalized spacial score (nSPS) is 12.0. The number of carboxylic acid groups (broad SMARTS) is 1. The number of aliphatic carboxylic acids is 1. The van der Waals surface area contributed by atoms with Crippen LogP contribution in [0, 0.1) is 0 Å². The van der Waals surface area contributed by atoms with Crippen LogP contribution in [0.3, 0.4) is 0 Å². The number of carbonyl (C=O) groups excluding carboxylic acids is 1. The third-order valence-electron chi connectivity index (χ3n) is 9.83. The number of hydrogen-bond donors (Lipinski definition) is 1. The molecule has 0 aromatic rings. The summed E-state index contributed by atoms with van der Waals surface area (Å²) < 4.78 is 5.92. The number of ether oxygens (including phenoxy) is 1. The van der Waals surface area contributed by atoms with Gasteiger partial charge in [0.1, 0.15) is 6.10 Å². The Morgan fingerprint density at radius 3 is 0.957 bits per heavy atom. The van der Waals surface area contributed by atoms with Crippen molar-refractivity contribution in [3.63, 3.8) is 0 Å². The van der Waals surface area contributed by atoms with Gasteiger partial charge < -0.3 is 9.84 Å². The standard InChI is InChI=1S/C42H82O4/c1-3-5-7-9-10-11-12-13-14-15-16-17-18-19-20-21-22-23-24-25-26-27-29-35-39-42(45)46-40(36-32-28-8-6-4-2)37-33-30-31-34-38-41(43)44/h40H,3-39H2,1-2H3,(H,43,44). The number of hydrogen-bond acceptors (Lipinski definition) is 3. The van der Waals surface area contributed by atoms with E-state index in [0.717, 1.165) is 57.8 Å². The van der Waals surface area contributed by atoms with Crippen molar-refractivity contribution in [2.24, 2.45) is 0 Å². The summed E-state index contributed by atoms with van der Waals surface area (Å²) in [7, 11) is 0. The third-order valence-corrected chi connectivity index (χ3v) is 9.83. The highest BCUT2D eigenvalue weighted by atomic mass is 16.5. The van der Waals surface area contributed by atoms with Crippen molar-refractivity contribution in [2.75, 3.05) is 0 Å². The molecule has 4 heteroatoms. The molecule has 0 aliphatic rings. The van der Waals surface area contributed by atoms with E-state index in [1.165, 1.54) is 167 Å². The fourth-order valence-electron chi connectivity index (χ4n) is 6.72. The van der Waals surface area contributed by atoms with Gasteiger partial charge >= 0.3 is 11.9 Å². The second kappa shape index (κ2) is 38.4. The third kappa shape index (κ3) is 37.4. The molecule has 1 N–H and O–H groups in total. The van der Waals surface area contributed by atoms with E-state index in [9.17, 15) is 9.59 Å². The van der Waals surface area contributed by atoms with Gasteiger partial charge in [0.15, 0.2) is 0 Å². The van der Waals surface area contributed by atoms with Gasteiger partial charge in [-0.25, -0.2) is 0 Å². The molecule has 0 saturated heterocycles. The van der Waals surface area contributed by atoms with Crippen LogP contribution in [0.15, 0.2) is 0 Å². The molecule has 0 bridgehead atoms. The lowest BCUT2D eigenvalue weighted by Crippen LogP contribution is -2.18. The Morgan fingerprint density at radius 2 is 0.652 bits per heavy atom. The molecule has 0 aliphatic carbocycles. The highest BCUT2D eigenvalue weighted by molar-refractivity contribution is 5.69. The lowest BCUT2D eigenvalue weighted by molar-refractivity contribution is -0.150. The van der Waals surface area contributed by atoms with E-state index >= 15 is 0 Å². The second-order valence-electron chi connectivity index (χ2n) is 14.5. The number of rotatable bonds is 39. The first-order chi connectivity index (χ1) is 22.6. The summed E-state index contributed by atoms with van der Waals surface area (Å²) in [5.41, 5.74) is 0. The first-order valence-electron chi connectivity index (χ1n) is 21.0. The summed E-state index contributed by atoms with van der Waals surface area (Å²) in [6.07, 6.45) is 45.9. The predicted molar refractivity (Wildman–Crippen MR) is 200 cm³/mol. The van der Waals surface area contributed by atoms with Crippen LogP contribution in [0.25, 0.3) is 0 Å². The Morgan fingerprint density at radius 1 is 0.391 bits per heavy atom. The molecule has 0 heterocycles. The maximum absolute atomic E-state index is 12.5. The van der Waals surface area contributed by atoms with Crippen molar-refractivity contribution < 1.29 is 19.4 Å². The van der Waals surface area contributed by atoms with E-state index in [1.54, 1.807) is 0 Å². The molecule has 0 saturated carbocycles. The molecular formula is C42H82O4. The van der Waals surface area contributed by atoms with Gasteiger partial charge in [-0.1, -0.05) is 200 Å². The summed E-state index contributed by atoms with van der Waals surface area (Å²) in [5.74, 6) is -0.720. The van der Waals surface area contributed by atoms with Crippen LogP contribution in [0.4, 0.5) is 0 Å². The van der Waals surface area contributed by atoms with Gasteiger partial charge in [0.25, 0.3) is 0 Å². The number of esters is 1. The van der Waals surface area contributed by atoms with Gasteiger partial charge in [-0.2, -0.15) is 0 Å². The van der Waals surface area contributed by atoms with E-state index in [-0.39, 0.29) is 18.5 Å². The van der Waals surface area contributed by atoms with E-state index in [4.69, 9.17) is 9.84 Å². The summed E-state index contributed by atoms with van der Waals surface area (Å²) in [6, 6.07) is 0. The summed E-state index contributed by atoms with van der Waals surface area (Å²) >= 11 is 0. The lowest BCUT2D eigenvalue weighted by Gasteiger charge is -2.18. The van der Waals surface area contributed by atoms with Crippen LogP contribution < -0.4 is 0 Å². The van der Waals surface area contributed by atoms with Crippen molar-refractivity contribution in [1.29, 1.82) is 0 Å². The van der Waals surface area contributed by atoms with Crippen molar-refractivity contribution in [3.05, 3.63) is 0 Å². The Kier molecular flexibility index (Phi) is 37.5. The van der Waals surface area contributed by atoms with Gasteiger partial charge in [0.2, 0.25) is 0 Å². The average molecular weight is 651 g/mol. The fraction of sp³-hybridized carbons (Fsp3) is 0.952. The van der Waals surface area contributed by atoms with Crippen molar-refractivity contribution in [1.82, 2.24) is 0 Å². The number of unbranched alkanes of at least 4 members (excludes halogenated alkanes) is 30. The fourth-order valence-corrected chi connectivity index (χ4v) is 6.72. The summed E-state index contributed by atoms with van der Waals surface area (Å²) in [6.45, 7) is 4.53. The molecule has 1 atom stereocenters. The smallest absolute Gasteiger partial charge is 0.306 e. The van der Waals surface area contributed by atoms with Gasteiger partial charge in [-0.3, -0.25) is 9.59 Å². The molecule has 0 aromatic heterocycles. The second-order valence-corrected chi connectivity index (χ2v) is 14.5. The minimum atomic E-state index is -0.709. The average Bonchev–Trinajstić information content (AvgIpc) is 3.04. The Bertz CT molecular complexity index is 619. The highest BCUT2D eigenvalue weighted by Crippen LogP contribution is 2.19. The van der Waals surface area contributed by atoms with E-state index < -0.39 is 5.97 Å². The molecule has 274 valence electrons. The number of carbonyl (C=O) groups is 2. The first-order valence-corrected chi connectivity index (χ1v) is 21.0. The minimum Gasteiger partial charge on any atom is -0.481 e. The predicted octanol–water partition coefficient (Wildman–Crippen LogP) is 14.5. The Hall–Kier alpha value is -1.06. The molecule has 4 nitrogen and oxygen atoms in total. The van der Waals surface area contributed by atoms with Gasteiger partial charge in [-0.15, -0.1) is 0 Å². The molecular weight excluding hydrogens is 568 g/mol. The van der Waals surface area contributed by atoms with Gasteiger partial charge in [-0.05, 0) is 38.5 Å². The molecule has 46 heavy (non-hydrogen) atoms. The van der Waals surface area contributed by atoms with Crippen LogP contribution in [0.5, 0.6) is 0 Å². The lowest BCUT2D eigenvalue weighted by atomic mass is 10.0. The molecule has 0 amide bonds. The van der Waals surface area contributed by atoms with E-state index in [1.807, 2.05) is 0 Å². The SMILES string of the molecule is CCCCCCCCCCCCCCCCCCCCCCCCCCC(=O)OC(CCCCCCC)CCCCCCC(=O)O. The Labute approximate surface area is 288 Å². The first kappa shape index (κ1) is 44.9. The van der Waals surface area contributed by atoms with E-state index in [2.05, 4.69) is 13.8 Å². The van der Waals surface area contributed by atoms with Crippen LogP contribution in [0.1, 0.15) is 251 Å². The molecule has 0 aromatic carbocycles. The van der Waals surface area contributed by atoms with E-state index in [0.29, 0.717) is 6.42 Å². The van der Waals surface area contributed by atoms with Gasteiger partial charge in [0, 0.05) is 12.8 Å². The van der Waals surface area contributed by atoms with Crippen molar-refractivity contribution in [3.8, 4) is 0 Å². The molecule has 0 aliphatic heterocycles. The topological polar surface area (TPSA) is 63.6 Å². The largest absolute Gasteiger partial charge is 0.481 e. The zero-order chi connectivity index (χ0) is 33.6. The monoisotopic (exact) mass is 651 g/mol. The number of carboxylic acids is 1. The molecule has 0 radical (unpaired) electrons. The van der Waals surface area contributed by atoms with Crippen LogP contribution in [-0.2, 0) is 14.3 Å². The maximum Gasteiger partial charge on any atom is 0.306 e. The molecule has 1 unspecified atom stereocenters. The minimum absolute atomic E-state index is 0.0109. The van der Waals surface area contributed by atoms with Crippen LogP contribution >= 0.6 is 0 Å². The Balaban J connectivity index is 3.57. The van der Waals surface area contributed by atoms with Crippen molar-refractivity contribution >= 4 is 11.9 Å². The zero-order valence-electron chi connectivity index (χ0n) is 31.4. The zero-order valence-corrected chi connectivity index (χ0v) is 31.4. The van der Waals surface area contributed by atoms with Crippen LogP contribution in [-0.4, -0.2) is 23.1 Å². The molecule has 0 spiro atoms. The molecule has 0 fully saturated rings.